The van der Waals surface area contributed by atoms with Crippen molar-refractivity contribution in [3.8, 4) is 0 Å². The van der Waals surface area contributed by atoms with Crippen molar-refractivity contribution in [3.05, 3.63) is 27.1 Å². The van der Waals surface area contributed by atoms with Crippen LogP contribution in [0.25, 0.3) is 10.2 Å². The molecule has 8 heteroatoms. The van der Waals surface area contributed by atoms with Crippen molar-refractivity contribution in [2.24, 2.45) is 7.05 Å². The number of hydrogen-bond donors (Lipinski definition) is 0. The van der Waals surface area contributed by atoms with Crippen molar-refractivity contribution >= 4 is 27.5 Å². The lowest BCUT2D eigenvalue weighted by molar-refractivity contribution is 0.0459. The molecule has 136 valence electrons. The number of fused-ring (bicyclic) bond motifs is 1. The van der Waals surface area contributed by atoms with Gasteiger partial charge in [-0.15, -0.1) is 11.3 Å². The van der Waals surface area contributed by atoms with Crippen molar-refractivity contribution in [2.45, 2.75) is 25.9 Å². The summed E-state index contributed by atoms with van der Waals surface area (Å²) >= 11 is 1.28. The number of carbonyl (C=O) groups excluding carboxylic acids is 1. The Morgan fingerprint density at radius 2 is 2.36 bits per heavy atom. The van der Waals surface area contributed by atoms with Gasteiger partial charge in [0.2, 0.25) is 0 Å². The van der Waals surface area contributed by atoms with Crippen LogP contribution in [0.3, 0.4) is 0 Å². The molecule has 0 bridgehead atoms. The molecule has 1 aliphatic heterocycles. The molecule has 2 aromatic heterocycles. The summed E-state index contributed by atoms with van der Waals surface area (Å²) in [6.45, 7) is 4.06. The molecule has 0 radical (unpaired) electrons. The Morgan fingerprint density at radius 1 is 1.56 bits per heavy atom. The summed E-state index contributed by atoms with van der Waals surface area (Å²) in [5.74, 6) is -0.0879. The van der Waals surface area contributed by atoms with E-state index in [2.05, 4.69) is 4.98 Å². The number of aromatic nitrogens is 2. The van der Waals surface area contributed by atoms with Gasteiger partial charge in [-0.05, 0) is 25.3 Å². The molecule has 1 atom stereocenters. The lowest BCUT2D eigenvalue weighted by Crippen LogP contribution is -2.39. The second-order valence-electron chi connectivity index (χ2n) is 6.28. The molecular formula is C17H23N3O4S. The van der Waals surface area contributed by atoms with Crippen LogP contribution >= 0.6 is 11.3 Å². The summed E-state index contributed by atoms with van der Waals surface area (Å²) in [7, 11) is 3.28. The predicted octanol–water partition coefficient (Wildman–Crippen LogP) is 1.57. The van der Waals surface area contributed by atoms with E-state index in [1.807, 2.05) is 6.92 Å². The zero-order chi connectivity index (χ0) is 18.0. The number of thiophene rings is 1. The van der Waals surface area contributed by atoms with Crippen LogP contribution in [0.5, 0.6) is 0 Å². The van der Waals surface area contributed by atoms with E-state index in [0.717, 1.165) is 19.4 Å². The molecule has 7 nitrogen and oxygen atoms in total. The van der Waals surface area contributed by atoms with E-state index in [-0.39, 0.29) is 17.6 Å². The fourth-order valence-corrected chi connectivity index (χ4v) is 4.18. The number of carbonyl (C=O) groups is 1. The van der Waals surface area contributed by atoms with Crippen LogP contribution in [-0.4, -0.2) is 59.9 Å². The van der Waals surface area contributed by atoms with Crippen molar-refractivity contribution in [1.29, 1.82) is 0 Å². The normalized spacial score (nSPS) is 17.3. The van der Waals surface area contributed by atoms with E-state index in [0.29, 0.717) is 40.4 Å². The summed E-state index contributed by atoms with van der Waals surface area (Å²) in [4.78, 5) is 32.7. The van der Waals surface area contributed by atoms with Crippen molar-refractivity contribution in [1.82, 2.24) is 14.5 Å². The molecule has 1 amide bonds. The molecule has 0 N–H and O–H groups in total. The first-order chi connectivity index (χ1) is 12.0. The Morgan fingerprint density at radius 3 is 3.04 bits per heavy atom. The van der Waals surface area contributed by atoms with Crippen LogP contribution in [0, 0.1) is 6.92 Å². The van der Waals surface area contributed by atoms with Gasteiger partial charge >= 0.3 is 0 Å². The largest absolute Gasteiger partial charge is 0.383 e. The third-order valence-corrected chi connectivity index (χ3v) is 5.69. The topological polar surface area (TPSA) is 73.7 Å². The molecular weight excluding hydrogens is 342 g/mol. The second-order valence-corrected chi connectivity index (χ2v) is 7.28. The Bertz CT molecular complexity index is 823. The SMILES string of the molecule is COCCN(CC1CCCO1)C(=O)c1sc2ncn(C)c(=O)c2c1C. The first-order valence-electron chi connectivity index (χ1n) is 8.37. The average Bonchev–Trinajstić information content (AvgIpc) is 3.22. The van der Waals surface area contributed by atoms with Gasteiger partial charge in [-0.1, -0.05) is 0 Å². The molecule has 0 spiro atoms. The third kappa shape index (κ3) is 3.61. The Balaban J connectivity index is 1.92. The van der Waals surface area contributed by atoms with Crippen LogP contribution in [0.2, 0.25) is 0 Å². The van der Waals surface area contributed by atoms with Crippen molar-refractivity contribution < 1.29 is 14.3 Å². The van der Waals surface area contributed by atoms with Crippen LogP contribution in [0.15, 0.2) is 11.1 Å². The standard InChI is InChI=1S/C17H23N3O4S/c1-11-13-15(18-10-19(2)16(13)21)25-14(11)17(22)20(6-8-23-3)9-12-5-4-7-24-12/h10,12H,4-9H2,1-3H3. The quantitative estimate of drug-likeness (QED) is 0.777. The lowest BCUT2D eigenvalue weighted by atomic mass is 10.2. The number of hydrogen-bond acceptors (Lipinski definition) is 6. The summed E-state index contributed by atoms with van der Waals surface area (Å²) in [5.41, 5.74) is 0.578. The van der Waals surface area contributed by atoms with E-state index in [1.54, 1.807) is 19.1 Å². The molecule has 1 unspecified atom stereocenters. The highest BCUT2D eigenvalue weighted by Crippen LogP contribution is 2.28. The summed E-state index contributed by atoms with van der Waals surface area (Å²) in [6.07, 6.45) is 3.55. The van der Waals surface area contributed by atoms with E-state index >= 15 is 0 Å². The maximum Gasteiger partial charge on any atom is 0.264 e. The number of methoxy groups -OCH3 is 1. The Kier molecular flexibility index (Phi) is 5.51. The summed E-state index contributed by atoms with van der Waals surface area (Å²) in [6, 6.07) is 0. The van der Waals surface area contributed by atoms with Gasteiger partial charge in [-0.25, -0.2) is 4.98 Å². The first kappa shape index (κ1) is 18.0. The van der Waals surface area contributed by atoms with Crippen molar-refractivity contribution in [3.63, 3.8) is 0 Å². The van der Waals surface area contributed by atoms with Gasteiger partial charge in [0.1, 0.15) is 4.83 Å². The van der Waals surface area contributed by atoms with Gasteiger partial charge < -0.3 is 18.9 Å². The number of ether oxygens (including phenoxy) is 2. The second kappa shape index (κ2) is 7.63. The highest BCUT2D eigenvalue weighted by Gasteiger charge is 2.27. The molecule has 1 fully saturated rings. The van der Waals surface area contributed by atoms with Gasteiger partial charge in [0.25, 0.3) is 11.5 Å². The molecule has 3 heterocycles. The van der Waals surface area contributed by atoms with E-state index in [4.69, 9.17) is 9.47 Å². The molecule has 2 aromatic rings. The van der Waals surface area contributed by atoms with Gasteiger partial charge in [0.15, 0.2) is 0 Å². The zero-order valence-corrected chi connectivity index (χ0v) is 15.6. The molecule has 3 rings (SSSR count). The maximum absolute atomic E-state index is 13.1. The molecule has 0 aliphatic carbocycles. The Labute approximate surface area is 150 Å². The molecule has 1 saturated heterocycles. The number of amides is 1. The zero-order valence-electron chi connectivity index (χ0n) is 14.8. The minimum absolute atomic E-state index is 0.0708. The molecule has 0 saturated carbocycles. The Hall–Kier alpha value is -1.77. The average molecular weight is 365 g/mol. The van der Waals surface area contributed by atoms with Crippen LogP contribution < -0.4 is 5.56 Å². The number of rotatable bonds is 6. The molecule has 25 heavy (non-hydrogen) atoms. The van der Waals surface area contributed by atoms with Gasteiger partial charge in [-0.2, -0.15) is 0 Å². The highest BCUT2D eigenvalue weighted by atomic mass is 32.1. The maximum atomic E-state index is 13.1. The minimum atomic E-state index is -0.125. The van der Waals surface area contributed by atoms with E-state index < -0.39 is 0 Å². The molecule has 0 aromatic carbocycles. The first-order valence-corrected chi connectivity index (χ1v) is 9.19. The lowest BCUT2D eigenvalue weighted by Gasteiger charge is -2.25. The third-order valence-electron chi connectivity index (χ3n) is 4.51. The highest BCUT2D eigenvalue weighted by molar-refractivity contribution is 7.20. The monoisotopic (exact) mass is 365 g/mol. The minimum Gasteiger partial charge on any atom is -0.383 e. The summed E-state index contributed by atoms with van der Waals surface area (Å²) < 4.78 is 12.3. The molecule has 1 aliphatic rings. The fourth-order valence-electron chi connectivity index (χ4n) is 3.07. The summed E-state index contributed by atoms with van der Waals surface area (Å²) in [5, 5.41) is 0.530. The number of nitrogens with zero attached hydrogens (tertiary/aromatic N) is 3. The smallest absolute Gasteiger partial charge is 0.264 e. The van der Waals surface area contributed by atoms with E-state index in [1.165, 1.54) is 22.2 Å². The van der Waals surface area contributed by atoms with Gasteiger partial charge in [-0.3, -0.25) is 9.59 Å². The predicted molar refractivity (Wildman–Crippen MR) is 96.4 cm³/mol. The number of aryl methyl sites for hydroxylation is 2. The van der Waals surface area contributed by atoms with Crippen LogP contribution in [-0.2, 0) is 16.5 Å². The van der Waals surface area contributed by atoms with Crippen LogP contribution in [0.4, 0.5) is 0 Å². The van der Waals surface area contributed by atoms with E-state index in [9.17, 15) is 9.59 Å². The van der Waals surface area contributed by atoms with Gasteiger partial charge in [0, 0.05) is 33.9 Å². The van der Waals surface area contributed by atoms with Gasteiger partial charge in [0.05, 0.1) is 29.3 Å². The van der Waals surface area contributed by atoms with Crippen LogP contribution in [0.1, 0.15) is 28.1 Å². The fraction of sp³-hybridized carbons (Fsp3) is 0.588. The van der Waals surface area contributed by atoms with Crippen molar-refractivity contribution in [2.75, 3.05) is 33.4 Å².